The number of rotatable bonds is 9. The molecule has 5 heteroatoms. The smallest absolute Gasteiger partial charge is 0.354 e. The zero-order valence-electron chi connectivity index (χ0n) is 18.3. The minimum atomic E-state index is -0.982. The third kappa shape index (κ3) is 6.02. The molecule has 5 nitrogen and oxygen atoms in total. The van der Waals surface area contributed by atoms with Gasteiger partial charge in [-0.05, 0) is 61.6 Å². The van der Waals surface area contributed by atoms with E-state index in [-0.39, 0.29) is 5.69 Å². The molecule has 0 saturated heterocycles. The molecule has 0 aliphatic heterocycles. The molecule has 2 aliphatic carbocycles. The molecule has 2 aromatic rings. The number of carboxylic acid groups (broad SMARTS) is 1. The molecule has 3 N–H and O–H groups in total. The van der Waals surface area contributed by atoms with Gasteiger partial charge in [-0.3, -0.25) is 0 Å². The number of pyridine rings is 1. The van der Waals surface area contributed by atoms with E-state index in [1.807, 2.05) is 6.07 Å². The lowest BCUT2D eigenvalue weighted by atomic mass is 9.91. The van der Waals surface area contributed by atoms with Gasteiger partial charge < -0.3 is 15.7 Å². The summed E-state index contributed by atoms with van der Waals surface area (Å²) >= 11 is 0. The van der Waals surface area contributed by atoms with E-state index in [2.05, 4.69) is 58.9 Å². The maximum atomic E-state index is 10.9. The first-order chi connectivity index (χ1) is 15.1. The van der Waals surface area contributed by atoms with Crippen molar-refractivity contribution in [3.8, 4) is 0 Å². The number of carbonyl (C=O) groups is 1. The maximum absolute atomic E-state index is 10.9. The van der Waals surface area contributed by atoms with Crippen LogP contribution in [-0.2, 0) is 6.54 Å². The molecule has 2 aliphatic rings. The third-order valence-corrected chi connectivity index (χ3v) is 6.64. The number of nitrogens with one attached hydrogen (secondary N) is 2. The molecule has 0 radical (unpaired) electrons. The minimum Gasteiger partial charge on any atom is -0.477 e. The summed E-state index contributed by atoms with van der Waals surface area (Å²) in [6, 6.07) is 15.9. The highest BCUT2D eigenvalue weighted by Crippen LogP contribution is 2.40. The zero-order valence-corrected chi connectivity index (χ0v) is 18.3. The van der Waals surface area contributed by atoms with Gasteiger partial charge in [0.05, 0.1) is 0 Å². The van der Waals surface area contributed by atoms with Gasteiger partial charge in [0, 0.05) is 30.9 Å². The van der Waals surface area contributed by atoms with Crippen molar-refractivity contribution >= 4 is 12.0 Å². The summed E-state index contributed by atoms with van der Waals surface area (Å²) in [4.78, 5) is 14.9. The molecule has 4 rings (SSSR count). The SMILES string of the molecule is CC/C(=C\c1ccccc1)[C@@H]1C[C@H]1N[C@H]1CC[C@H](NCc2ccc(C(=O)O)nc2)CC1. The van der Waals surface area contributed by atoms with E-state index >= 15 is 0 Å². The van der Waals surface area contributed by atoms with Crippen molar-refractivity contribution in [3.63, 3.8) is 0 Å². The number of carboxylic acids is 1. The maximum Gasteiger partial charge on any atom is 0.354 e. The van der Waals surface area contributed by atoms with E-state index in [9.17, 15) is 4.79 Å². The molecular weight excluding hydrogens is 386 g/mol. The molecule has 1 heterocycles. The summed E-state index contributed by atoms with van der Waals surface area (Å²) in [5.41, 5.74) is 4.01. The van der Waals surface area contributed by atoms with Gasteiger partial charge >= 0.3 is 5.97 Å². The Kier molecular flexibility index (Phi) is 7.15. The van der Waals surface area contributed by atoms with E-state index in [0.717, 1.165) is 18.5 Å². The first-order valence-electron chi connectivity index (χ1n) is 11.6. The Morgan fingerprint density at radius 2 is 1.84 bits per heavy atom. The van der Waals surface area contributed by atoms with Crippen LogP contribution in [0.2, 0.25) is 0 Å². The van der Waals surface area contributed by atoms with E-state index in [4.69, 9.17) is 5.11 Å². The number of hydrogen-bond donors (Lipinski definition) is 3. The molecule has 0 spiro atoms. The highest BCUT2D eigenvalue weighted by molar-refractivity contribution is 5.85. The van der Waals surface area contributed by atoms with Gasteiger partial charge in [0.25, 0.3) is 0 Å². The lowest BCUT2D eigenvalue weighted by Crippen LogP contribution is -2.40. The molecule has 1 aromatic carbocycles. The molecule has 164 valence electrons. The molecule has 31 heavy (non-hydrogen) atoms. The molecule has 2 atom stereocenters. The van der Waals surface area contributed by atoms with Crippen LogP contribution in [0.15, 0.2) is 54.2 Å². The van der Waals surface area contributed by atoms with Crippen molar-refractivity contribution in [2.75, 3.05) is 0 Å². The highest BCUT2D eigenvalue weighted by Gasteiger charge is 2.40. The van der Waals surface area contributed by atoms with Crippen LogP contribution < -0.4 is 10.6 Å². The summed E-state index contributed by atoms with van der Waals surface area (Å²) in [5.74, 6) is -0.285. The van der Waals surface area contributed by atoms with Gasteiger partial charge in [-0.2, -0.15) is 0 Å². The second kappa shape index (κ2) is 10.2. The molecule has 2 fully saturated rings. The van der Waals surface area contributed by atoms with Crippen molar-refractivity contribution in [3.05, 3.63) is 71.1 Å². The van der Waals surface area contributed by atoms with E-state index < -0.39 is 5.97 Å². The van der Waals surface area contributed by atoms with Crippen molar-refractivity contribution in [1.82, 2.24) is 15.6 Å². The minimum absolute atomic E-state index is 0.0959. The second-order valence-electron chi connectivity index (χ2n) is 8.89. The Bertz CT molecular complexity index is 887. The van der Waals surface area contributed by atoms with Crippen LogP contribution in [0.1, 0.15) is 67.1 Å². The molecule has 0 unspecified atom stereocenters. The lowest BCUT2D eigenvalue weighted by Gasteiger charge is -2.30. The molecular formula is C26H33N3O2. The van der Waals surface area contributed by atoms with Crippen LogP contribution in [0, 0.1) is 5.92 Å². The standard InChI is InChI=1S/C26H33N3O2/c1-2-20(14-18-6-4-3-5-7-18)23-15-25(23)29-22-11-9-21(10-12-22)27-16-19-8-13-24(26(30)31)28-17-19/h3-8,13-14,17,21-23,25,27,29H,2,9-12,15-16H2,1H3,(H,30,31)/b20-14+/t21-,22-,23-,25+/m0/s1. The number of hydrogen-bond acceptors (Lipinski definition) is 4. The van der Waals surface area contributed by atoms with Gasteiger partial charge in [0.2, 0.25) is 0 Å². The quantitative estimate of drug-likeness (QED) is 0.552. The molecule has 2 saturated carbocycles. The Balaban J connectivity index is 1.18. The van der Waals surface area contributed by atoms with Gasteiger partial charge in [-0.15, -0.1) is 0 Å². The van der Waals surface area contributed by atoms with Crippen LogP contribution in [0.3, 0.4) is 0 Å². The second-order valence-corrected chi connectivity index (χ2v) is 8.89. The third-order valence-electron chi connectivity index (χ3n) is 6.64. The summed E-state index contributed by atoms with van der Waals surface area (Å²) in [6.07, 6.45) is 11.2. The van der Waals surface area contributed by atoms with Gasteiger partial charge in [0.15, 0.2) is 0 Å². The van der Waals surface area contributed by atoms with Crippen LogP contribution in [0.25, 0.3) is 6.08 Å². The zero-order chi connectivity index (χ0) is 21.6. The van der Waals surface area contributed by atoms with Gasteiger partial charge in [0.1, 0.15) is 5.69 Å². The van der Waals surface area contributed by atoms with E-state index in [1.165, 1.54) is 37.7 Å². The van der Waals surface area contributed by atoms with Crippen molar-refractivity contribution < 1.29 is 9.90 Å². The molecule has 1 aromatic heterocycles. The predicted octanol–water partition coefficient (Wildman–Crippen LogP) is 4.65. The summed E-state index contributed by atoms with van der Waals surface area (Å²) in [5, 5.41) is 16.5. The summed E-state index contributed by atoms with van der Waals surface area (Å²) in [6.45, 7) is 3.01. The van der Waals surface area contributed by atoms with Crippen molar-refractivity contribution in [2.45, 2.75) is 70.1 Å². The van der Waals surface area contributed by atoms with Gasteiger partial charge in [-0.25, -0.2) is 9.78 Å². The number of nitrogens with zero attached hydrogens (tertiary/aromatic N) is 1. The number of aromatic carboxylic acids is 1. The van der Waals surface area contributed by atoms with Crippen LogP contribution in [-0.4, -0.2) is 34.2 Å². The average molecular weight is 420 g/mol. The predicted molar refractivity (Wildman–Crippen MR) is 124 cm³/mol. The topological polar surface area (TPSA) is 74.2 Å². The fourth-order valence-electron chi connectivity index (χ4n) is 4.71. The fraction of sp³-hybridized carbons (Fsp3) is 0.462. The summed E-state index contributed by atoms with van der Waals surface area (Å²) < 4.78 is 0. The Labute approximate surface area is 185 Å². The monoisotopic (exact) mass is 419 g/mol. The lowest BCUT2D eigenvalue weighted by molar-refractivity contribution is 0.0690. The first-order valence-corrected chi connectivity index (χ1v) is 11.6. The number of benzene rings is 1. The average Bonchev–Trinajstić information content (AvgIpc) is 3.56. The summed E-state index contributed by atoms with van der Waals surface area (Å²) in [7, 11) is 0. The molecule has 0 amide bonds. The Morgan fingerprint density at radius 1 is 1.10 bits per heavy atom. The number of aromatic nitrogens is 1. The largest absolute Gasteiger partial charge is 0.477 e. The van der Waals surface area contributed by atoms with Crippen LogP contribution in [0.4, 0.5) is 0 Å². The van der Waals surface area contributed by atoms with Crippen LogP contribution in [0.5, 0.6) is 0 Å². The van der Waals surface area contributed by atoms with Gasteiger partial charge in [-0.1, -0.05) is 55.0 Å². The van der Waals surface area contributed by atoms with Crippen LogP contribution >= 0.6 is 0 Å². The van der Waals surface area contributed by atoms with Crippen molar-refractivity contribution in [1.29, 1.82) is 0 Å². The highest BCUT2D eigenvalue weighted by atomic mass is 16.4. The van der Waals surface area contributed by atoms with E-state index in [1.54, 1.807) is 17.8 Å². The molecule has 0 bridgehead atoms. The van der Waals surface area contributed by atoms with E-state index in [0.29, 0.717) is 24.0 Å². The Hall–Kier alpha value is -2.50. The fourth-order valence-corrected chi connectivity index (χ4v) is 4.71. The normalized spacial score (nSPS) is 25.9. The Morgan fingerprint density at radius 3 is 2.48 bits per heavy atom. The van der Waals surface area contributed by atoms with Crippen molar-refractivity contribution in [2.24, 2.45) is 5.92 Å². The first kappa shape index (κ1) is 21.7.